The van der Waals surface area contributed by atoms with Crippen LogP contribution < -0.4 is 5.56 Å². The number of carbonyl (C=O) groups excluding carboxylic acids is 1. The van der Waals surface area contributed by atoms with Crippen molar-refractivity contribution in [2.45, 2.75) is 6.92 Å². The van der Waals surface area contributed by atoms with E-state index in [0.29, 0.717) is 11.2 Å². The Labute approximate surface area is 150 Å². The number of pyridine rings is 1. The lowest BCUT2D eigenvalue weighted by atomic mass is 10.2. The number of aryl methyl sites for hydroxylation is 1. The Morgan fingerprint density at radius 1 is 1.19 bits per heavy atom. The third-order valence-corrected chi connectivity index (χ3v) is 4.26. The Balaban J connectivity index is 1.99. The molecule has 4 rings (SSSR count). The highest BCUT2D eigenvalue weighted by atomic mass is 19.2. The van der Waals surface area contributed by atoms with Crippen LogP contribution in [0.15, 0.2) is 41.5 Å². The largest absolute Gasteiger partial charge is 0.465 e. The number of halogens is 2. The van der Waals surface area contributed by atoms with E-state index in [1.54, 1.807) is 13.0 Å². The predicted molar refractivity (Wildman–Crippen MR) is 92.1 cm³/mol. The second-order valence-corrected chi connectivity index (χ2v) is 5.83. The molecule has 3 aromatic heterocycles. The molecule has 9 heteroatoms. The minimum absolute atomic E-state index is 0.174. The molecular formula is C18H12F2N4O3. The highest BCUT2D eigenvalue weighted by Gasteiger charge is 2.21. The van der Waals surface area contributed by atoms with Crippen LogP contribution in [0.2, 0.25) is 0 Å². The topological polar surface area (TPSA) is 78.5 Å². The molecule has 0 saturated heterocycles. The van der Waals surface area contributed by atoms with Crippen LogP contribution in [-0.2, 0) is 4.74 Å². The average Bonchev–Trinajstić information content (AvgIpc) is 3.00. The summed E-state index contributed by atoms with van der Waals surface area (Å²) in [6.07, 6.45) is 2.74. The third kappa shape index (κ3) is 2.47. The van der Waals surface area contributed by atoms with E-state index in [1.165, 1.54) is 34.7 Å². The van der Waals surface area contributed by atoms with Gasteiger partial charge in [0.05, 0.1) is 29.4 Å². The van der Waals surface area contributed by atoms with Crippen molar-refractivity contribution in [1.82, 2.24) is 19.2 Å². The third-order valence-electron chi connectivity index (χ3n) is 4.26. The second kappa shape index (κ2) is 5.97. The summed E-state index contributed by atoms with van der Waals surface area (Å²) >= 11 is 0. The summed E-state index contributed by atoms with van der Waals surface area (Å²) in [5.41, 5.74) is 0.989. The van der Waals surface area contributed by atoms with Crippen molar-refractivity contribution in [3.63, 3.8) is 0 Å². The maximum atomic E-state index is 13.5. The van der Waals surface area contributed by atoms with E-state index < -0.39 is 23.2 Å². The zero-order chi connectivity index (χ0) is 19.3. The number of aromatic nitrogens is 4. The molecule has 0 spiro atoms. The molecule has 0 aliphatic heterocycles. The SMILES string of the molecule is COC(=O)c1c(C)nn2c1ncc1c(=O)n(-c3ccc(F)c(F)c3)ccc12. The molecule has 0 atom stereocenters. The highest BCUT2D eigenvalue weighted by molar-refractivity contribution is 5.98. The van der Waals surface area contributed by atoms with Gasteiger partial charge in [0.1, 0.15) is 5.56 Å². The van der Waals surface area contributed by atoms with Crippen molar-refractivity contribution in [2.24, 2.45) is 0 Å². The highest BCUT2D eigenvalue weighted by Crippen LogP contribution is 2.20. The number of nitrogens with zero attached hydrogens (tertiary/aromatic N) is 4. The van der Waals surface area contributed by atoms with Gasteiger partial charge in [-0.1, -0.05) is 0 Å². The van der Waals surface area contributed by atoms with Gasteiger partial charge in [0, 0.05) is 18.5 Å². The van der Waals surface area contributed by atoms with Gasteiger partial charge >= 0.3 is 5.97 Å². The standard InChI is InChI=1S/C18H12F2N4O3/c1-9-15(18(26)27-2)16-21-8-11-14(24(16)22-9)5-6-23(17(11)25)10-3-4-12(19)13(20)7-10/h3-8H,1-2H3. The van der Waals surface area contributed by atoms with Gasteiger partial charge in [0.25, 0.3) is 5.56 Å². The van der Waals surface area contributed by atoms with Gasteiger partial charge in [0.2, 0.25) is 0 Å². The number of methoxy groups -OCH3 is 1. The Bertz CT molecular complexity index is 1290. The lowest BCUT2D eigenvalue weighted by molar-refractivity contribution is 0.0602. The van der Waals surface area contributed by atoms with Crippen molar-refractivity contribution in [2.75, 3.05) is 7.11 Å². The second-order valence-electron chi connectivity index (χ2n) is 5.83. The number of rotatable bonds is 2. The van der Waals surface area contributed by atoms with Crippen LogP contribution in [0.5, 0.6) is 0 Å². The van der Waals surface area contributed by atoms with Gasteiger partial charge < -0.3 is 4.74 Å². The zero-order valence-electron chi connectivity index (χ0n) is 14.2. The summed E-state index contributed by atoms with van der Waals surface area (Å²) in [7, 11) is 1.26. The summed E-state index contributed by atoms with van der Waals surface area (Å²) in [6, 6.07) is 4.76. The first-order valence-electron chi connectivity index (χ1n) is 7.86. The zero-order valence-corrected chi connectivity index (χ0v) is 14.2. The number of carbonyl (C=O) groups is 1. The Morgan fingerprint density at radius 3 is 2.67 bits per heavy atom. The van der Waals surface area contributed by atoms with Crippen LogP contribution in [-0.4, -0.2) is 32.2 Å². The van der Waals surface area contributed by atoms with Gasteiger partial charge in [-0.15, -0.1) is 0 Å². The van der Waals surface area contributed by atoms with Crippen LogP contribution in [0.3, 0.4) is 0 Å². The molecule has 0 unspecified atom stereocenters. The van der Waals surface area contributed by atoms with Crippen molar-refractivity contribution in [1.29, 1.82) is 0 Å². The fourth-order valence-corrected chi connectivity index (χ4v) is 2.96. The molecule has 0 amide bonds. The fourth-order valence-electron chi connectivity index (χ4n) is 2.96. The van der Waals surface area contributed by atoms with Crippen molar-refractivity contribution in [3.8, 4) is 5.69 Å². The normalized spacial score (nSPS) is 11.3. The number of ether oxygens (including phenoxy) is 1. The van der Waals surface area contributed by atoms with E-state index in [0.717, 1.165) is 12.1 Å². The number of hydrogen-bond donors (Lipinski definition) is 0. The summed E-state index contributed by atoms with van der Waals surface area (Å²) in [4.78, 5) is 29.0. The molecule has 0 bridgehead atoms. The van der Waals surface area contributed by atoms with E-state index in [2.05, 4.69) is 10.1 Å². The fraction of sp³-hybridized carbons (Fsp3) is 0.111. The van der Waals surface area contributed by atoms with E-state index in [1.807, 2.05) is 0 Å². The molecule has 136 valence electrons. The van der Waals surface area contributed by atoms with Gasteiger partial charge in [-0.05, 0) is 25.1 Å². The number of hydrogen-bond acceptors (Lipinski definition) is 5. The van der Waals surface area contributed by atoms with Crippen molar-refractivity contribution in [3.05, 3.63) is 69.9 Å². The Morgan fingerprint density at radius 2 is 1.96 bits per heavy atom. The molecule has 0 saturated carbocycles. The molecule has 7 nitrogen and oxygen atoms in total. The Hall–Kier alpha value is -3.62. The molecule has 0 radical (unpaired) electrons. The first-order valence-corrected chi connectivity index (χ1v) is 7.86. The molecule has 4 aromatic rings. The molecule has 0 N–H and O–H groups in total. The molecular weight excluding hydrogens is 358 g/mol. The van der Waals surface area contributed by atoms with E-state index >= 15 is 0 Å². The van der Waals surface area contributed by atoms with Crippen LogP contribution >= 0.6 is 0 Å². The van der Waals surface area contributed by atoms with E-state index in [9.17, 15) is 18.4 Å². The Kier molecular flexibility index (Phi) is 3.72. The van der Waals surface area contributed by atoms with Gasteiger partial charge in [0.15, 0.2) is 17.3 Å². The first kappa shape index (κ1) is 16.8. The average molecular weight is 370 g/mol. The number of fused-ring (bicyclic) bond motifs is 3. The molecule has 3 heterocycles. The van der Waals surface area contributed by atoms with Crippen LogP contribution in [0, 0.1) is 18.6 Å². The van der Waals surface area contributed by atoms with Crippen LogP contribution in [0.4, 0.5) is 8.78 Å². The predicted octanol–water partition coefficient (Wildman–Crippen LogP) is 2.41. The summed E-state index contributed by atoms with van der Waals surface area (Å²) in [6.45, 7) is 1.63. The monoisotopic (exact) mass is 370 g/mol. The van der Waals surface area contributed by atoms with E-state index in [4.69, 9.17) is 4.74 Å². The van der Waals surface area contributed by atoms with Gasteiger partial charge in [-0.2, -0.15) is 5.10 Å². The van der Waals surface area contributed by atoms with Gasteiger partial charge in [-0.3, -0.25) is 9.36 Å². The molecule has 1 aromatic carbocycles. The maximum absolute atomic E-state index is 13.5. The van der Waals surface area contributed by atoms with Crippen LogP contribution in [0.25, 0.3) is 22.2 Å². The molecule has 27 heavy (non-hydrogen) atoms. The number of esters is 1. The van der Waals surface area contributed by atoms with Crippen molar-refractivity contribution < 1.29 is 18.3 Å². The maximum Gasteiger partial charge on any atom is 0.343 e. The van der Waals surface area contributed by atoms with Crippen LogP contribution in [0.1, 0.15) is 16.1 Å². The summed E-state index contributed by atoms with van der Waals surface area (Å²) in [5, 5.41) is 4.48. The smallest absolute Gasteiger partial charge is 0.343 e. The first-order chi connectivity index (χ1) is 12.9. The summed E-state index contributed by atoms with van der Waals surface area (Å²) < 4.78 is 34.0. The van der Waals surface area contributed by atoms with Crippen molar-refractivity contribution >= 4 is 22.5 Å². The lowest BCUT2D eigenvalue weighted by Crippen LogP contribution is -2.19. The summed E-state index contributed by atoms with van der Waals surface area (Å²) in [5.74, 6) is -2.64. The quantitative estimate of drug-likeness (QED) is 0.507. The van der Waals surface area contributed by atoms with Gasteiger partial charge in [-0.25, -0.2) is 23.1 Å². The minimum atomic E-state index is -1.06. The number of benzene rings is 1. The van der Waals surface area contributed by atoms with E-state index in [-0.39, 0.29) is 22.3 Å². The minimum Gasteiger partial charge on any atom is -0.465 e. The molecule has 0 aliphatic carbocycles. The molecule has 0 fully saturated rings. The molecule has 0 aliphatic rings. The lowest BCUT2D eigenvalue weighted by Gasteiger charge is -2.08.